The van der Waals surface area contributed by atoms with Gasteiger partial charge in [0.15, 0.2) is 0 Å². The van der Waals surface area contributed by atoms with Gasteiger partial charge in [-0.1, -0.05) is 42.5 Å². The molecule has 2 aromatic rings. The lowest BCUT2D eigenvalue weighted by Gasteiger charge is -2.21. The van der Waals surface area contributed by atoms with Crippen molar-refractivity contribution in [2.45, 2.75) is 31.0 Å². The molecule has 154 valence electrons. The molecular weight excluding hydrogens is 390 g/mol. The minimum absolute atomic E-state index is 0.0560. The van der Waals surface area contributed by atoms with Crippen LogP contribution in [0.15, 0.2) is 54.6 Å². The zero-order chi connectivity index (χ0) is 21.2. The van der Waals surface area contributed by atoms with Crippen molar-refractivity contribution in [1.82, 2.24) is 10.6 Å². The molecule has 0 heterocycles. The molecule has 0 aliphatic heterocycles. The molecule has 0 aromatic heterocycles. The van der Waals surface area contributed by atoms with E-state index < -0.39 is 29.9 Å². The van der Waals surface area contributed by atoms with Crippen molar-refractivity contribution in [3.63, 3.8) is 0 Å². The van der Waals surface area contributed by atoms with Gasteiger partial charge in [0.25, 0.3) is 0 Å². The molecule has 5 N–H and O–H groups in total. The summed E-state index contributed by atoms with van der Waals surface area (Å²) in [5.74, 6) is -0.814. The number of thiol groups is 1. The molecule has 2 amide bonds. The minimum Gasteiger partial charge on any atom is -0.508 e. The predicted molar refractivity (Wildman–Crippen MR) is 114 cm³/mol. The fourth-order valence-corrected chi connectivity index (χ4v) is 2.99. The number of rotatable bonds is 10. The third kappa shape index (κ3) is 7.24. The van der Waals surface area contributed by atoms with Crippen LogP contribution in [0.2, 0.25) is 0 Å². The topological polar surface area (TPSA) is 122 Å². The van der Waals surface area contributed by atoms with Crippen LogP contribution >= 0.6 is 12.6 Å². The Balaban J connectivity index is 1.91. The zero-order valence-electron chi connectivity index (χ0n) is 15.8. The van der Waals surface area contributed by atoms with Crippen LogP contribution in [0.25, 0.3) is 0 Å². The first-order valence-electron chi connectivity index (χ1n) is 9.17. The average molecular weight is 416 g/mol. The number of benzene rings is 2. The Labute approximate surface area is 175 Å². The molecule has 29 heavy (non-hydrogen) atoms. The molecule has 2 aromatic carbocycles. The Hall–Kier alpha value is -2.84. The van der Waals surface area contributed by atoms with Gasteiger partial charge in [-0.25, -0.2) is 0 Å². The lowest BCUT2D eigenvalue weighted by Crippen LogP contribution is -2.55. The number of phenols is 1. The predicted octanol–water partition coefficient (Wildman–Crippen LogP) is 0.603. The highest BCUT2D eigenvalue weighted by molar-refractivity contribution is 7.80. The summed E-state index contributed by atoms with van der Waals surface area (Å²) in [6.07, 6.45) is 1.23. The number of aromatic hydroxyl groups is 1. The molecule has 0 aliphatic rings. The maximum atomic E-state index is 12.5. The smallest absolute Gasteiger partial charge is 0.244 e. The van der Waals surface area contributed by atoms with E-state index in [4.69, 9.17) is 5.73 Å². The van der Waals surface area contributed by atoms with E-state index in [1.807, 2.05) is 30.3 Å². The largest absolute Gasteiger partial charge is 0.508 e. The van der Waals surface area contributed by atoms with Crippen LogP contribution in [-0.2, 0) is 27.2 Å². The van der Waals surface area contributed by atoms with Gasteiger partial charge in [0.05, 0.1) is 12.1 Å². The van der Waals surface area contributed by atoms with E-state index >= 15 is 0 Å². The minimum atomic E-state index is -0.921. The van der Waals surface area contributed by atoms with Crippen LogP contribution in [0.1, 0.15) is 11.1 Å². The summed E-state index contributed by atoms with van der Waals surface area (Å²) in [4.78, 5) is 36.2. The van der Waals surface area contributed by atoms with Crippen molar-refractivity contribution in [2.75, 3.05) is 5.75 Å². The third-order valence-corrected chi connectivity index (χ3v) is 4.70. The summed E-state index contributed by atoms with van der Waals surface area (Å²) < 4.78 is 0. The SMILES string of the molecule is N[C@H](Cc1ccccc1)C(=O)N[C@@H](CS)C(=O)N[C@H](C=O)Cc1ccc(O)cc1. The van der Waals surface area contributed by atoms with Crippen LogP contribution in [0.5, 0.6) is 5.75 Å². The Morgan fingerprint density at radius 3 is 2.17 bits per heavy atom. The van der Waals surface area contributed by atoms with Gasteiger partial charge in [0.1, 0.15) is 18.1 Å². The number of phenolic OH excluding ortho intramolecular Hbond substituents is 1. The van der Waals surface area contributed by atoms with E-state index in [0.29, 0.717) is 12.7 Å². The van der Waals surface area contributed by atoms with E-state index in [0.717, 1.165) is 11.1 Å². The van der Waals surface area contributed by atoms with Gasteiger partial charge in [-0.15, -0.1) is 0 Å². The van der Waals surface area contributed by atoms with Crippen molar-refractivity contribution in [3.05, 3.63) is 65.7 Å². The van der Waals surface area contributed by atoms with Crippen LogP contribution < -0.4 is 16.4 Å². The highest BCUT2D eigenvalue weighted by Gasteiger charge is 2.24. The second kappa shape index (κ2) is 11.2. The van der Waals surface area contributed by atoms with Gasteiger partial charge in [-0.05, 0) is 36.1 Å². The quantitative estimate of drug-likeness (QED) is 0.287. The second-order valence-electron chi connectivity index (χ2n) is 6.66. The fourth-order valence-electron chi connectivity index (χ4n) is 2.74. The highest BCUT2D eigenvalue weighted by Crippen LogP contribution is 2.11. The summed E-state index contributed by atoms with van der Waals surface area (Å²) >= 11 is 4.13. The van der Waals surface area contributed by atoms with E-state index in [9.17, 15) is 19.5 Å². The molecule has 0 fully saturated rings. The first-order valence-corrected chi connectivity index (χ1v) is 9.80. The summed E-state index contributed by atoms with van der Waals surface area (Å²) in [6.45, 7) is 0. The van der Waals surface area contributed by atoms with Gasteiger partial charge in [0.2, 0.25) is 11.8 Å². The zero-order valence-corrected chi connectivity index (χ0v) is 16.7. The summed E-state index contributed by atoms with van der Waals surface area (Å²) in [7, 11) is 0. The molecule has 3 atom stereocenters. The van der Waals surface area contributed by atoms with Crippen molar-refractivity contribution in [2.24, 2.45) is 5.73 Å². The number of hydrogen-bond acceptors (Lipinski definition) is 6. The number of hydrogen-bond donors (Lipinski definition) is 5. The first kappa shape index (κ1) is 22.4. The highest BCUT2D eigenvalue weighted by atomic mass is 32.1. The summed E-state index contributed by atoms with van der Waals surface area (Å²) in [5, 5.41) is 14.5. The third-order valence-electron chi connectivity index (χ3n) is 4.33. The van der Waals surface area contributed by atoms with Gasteiger partial charge in [-0.3, -0.25) is 9.59 Å². The first-order chi connectivity index (χ1) is 13.9. The van der Waals surface area contributed by atoms with Crippen molar-refractivity contribution < 1.29 is 19.5 Å². The molecular formula is C21H25N3O4S. The van der Waals surface area contributed by atoms with Crippen LogP contribution in [-0.4, -0.2) is 47.1 Å². The molecule has 7 nitrogen and oxygen atoms in total. The van der Waals surface area contributed by atoms with Crippen molar-refractivity contribution in [3.8, 4) is 5.75 Å². The molecule has 0 bridgehead atoms. The molecule has 0 aliphatic carbocycles. The Kier molecular flexibility index (Phi) is 8.69. The number of nitrogens with one attached hydrogen (secondary N) is 2. The van der Waals surface area contributed by atoms with Crippen LogP contribution in [0.4, 0.5) is 0 Å². The maximum Gasteiger partial charge on any atom is 0.244 e. The number of carbonyl (C=O) groups is 3. The molecule has 0 saturated heterocycles. The average Bonchev–Trinajstić information content (AvgIpc) is 2.73. The van der Waals surface area contributed by atoms with Gasteiger partial charge in [-0.2, -0.15) is 12.6 Å². The standard InChI is InChI=1S/C21H25N3O4S/c22-18(11-14-4-2-1-3-5-14)20(27)24-19(13-29)21(28)23-16(12-25)10-15-6-8-17(26)9-7-15/h1-9,12,16,18-19,26,29H,10-11,13,22H2,(H,23,28)(H,24,27)/t16-,18+,19-/m0/s1. The normalized spacial score (nSPS) is 13.7. The second-order valence-corrected chi connectivity index (χ2v) is 7.03. The van der Waals surface area contributed by atoms with E-state index in [1.54, 1.807) is 12.1 Å². The summed E-state index contributed by atoms with van der Waals surface area (Å²) in [6, 6.07) is 13.2. The number of aldehydes is 1. The number of carbonyl (C=O) groups excluding carboxylic acids is 3. The monoisotopic (exact) mass is 415 g/mol. The van der Waals surface area contributed by atoms with E-state index in [1.165, 1.54) is 12.1 Å². The van der Waals surface area contributed by atoms with E-state index in [2.05, 4.69) is 23.3 Å². The Morgan fingerprint density at radius 2 is 1.59 bits per heavy atom. The van der Waals surface area contributed by atoms with Crippen LogP contribution in [0.3, 0.4) is 0 Å². The molecule has 2 rings (SSSR count). The van der Waals surface area contributed by atoms with Crippen molar-refractivity contribution in [1.29, 1.82) is 0 Å². The number of amides is 2. The molecule has 0 saturated carbocycles. The lowest BCUT2D eigenvalue weighted by atomic mass is 10.1. The molecule has 0 unspecified atom stereocenters. The lowest BCUT2D eigenvalue weighted by molar-refractivity contribution is -0.130. The summed E-state index contributed by atoms with van der Waals surface area (Å²) in [5.41, 5.74) is 7.64. The van der Waals surface area contributed by atoms with Crippen molar-refractivity contribution >= 4 is 30.7 Å². The molecule has 0 spiro atoms. The number of nitrogens with two attached hydrogens (primary N) is 1. The Morgan fingerprint density at radius 1 is 0.966 bits per heavy atom. The van der Waals surface area contributed by atoms with E-state index in [-0.39, 0.29) is 17.9 Å². The molecule has 8 heteroatoms. The van der Waals surface area contributed by atoms with Gasteiger partial charge >= 0.3 is 0 Å². The fraction of sp³-hybridized carbons (Fsp3) is 0.286. The Bertz CT molecular complexity index is 814. The van der Waals surface area contributed by atoms with Crippen LogP contribution in [0, 0.1) is 0 Å². The molecule has 0 radical (unpaired) electrons. The van der Waals surface area contributed by atoms with Gasteiger partial charge < -0.3 is 26.3 Å². The maximum absolute atomic E-state index is 12.5. The van der Waals surface area contributed by atoms with Gasteiger partial charge in [0, 0.05) is 5.75 Å².